The number of anilines is 1. The molecule has 1 saturated carbocycles. The van der Waals surface area contributed by atoms with Crippen molar-refractivity contribution < 1.29 is 4.74 Å². The first kappa shape index (κ1) is 10.9. The fourth-order valence-electron chi connectivity index (χ4n) is 2.53. The maximum Gasteiger partial charge on any atom is 0.129 e. The predicted octanol–water partition coefficient (Wildman–Crippen LogP) is 0.752. The molecule has 0 unspecified atom stereocenters. The number of nitrogens with zero attached hydrogens (tertiary/aromatic N) is 3. The topological polar surface area (TPSA) is 50.3 Å². The average molecular weight is 234 g/mol. The van der Waals surface area contributed by atoms with Gasteiger partial charge in [0.1, 0.15) is 12.1 Å². The summed E-state index contributed by atoms with van der Waals surface area (Å²) in [6.45, 7) is 3.96. The van der Waals surface area contributed by atoms with Gasteiger partial charge in [-0.25, -0.2) is 9.97 Å². The summed E-state index contributed by atoms with van der Waals surface area (Å²) in [4.78, 5) is 10.6. The molecule has 0 aromatic carbocycles. The lowest BCUT2D eigenvalue weighted by Crippen LogP contribution is -2.53. The number of rotatable bonds is 3. The predicted molar refractivity (Wildman–Crippen MR) is 64.9 cm³/mol. The normalized spacial score (nSPS) is 29.6. The molecule has 0 spiro atoms. The van der Waals surface area contributed by atoms with Crippen LogP contribution in [0.3, 0.4) is 0 Å². The van der Waals surface area contributed by atoms with E-state index in [4.69, 9.17) is 4.74 Å². The molecular weight excluding hydrogens is 216 g/mol. The molecule has 0 radical (unpaired) electrons. The van der Waals surface area contributed by atoms with E-state index >= 15 is 0 Å². The van der Waals surface area contributed by atoms with Crippen molar-refractivity contribution in [2.75, 3.05) is 31.6 Å². The first-order valence-electron chi connectivity index (χ1n) is 6.26. The molecule has 2 heterocycles. The van der Waals surface area contributed by atoms with Gasteiger partial charge in [-0.1, -0.05) is 0 Å². The minimum atomic E-state index is 0.567. The number of nitrogens with one attached hydrogen (secondary N) is 1. The van der Waals surface area contributed by atoms with E-state index in [1.165, 1.54) is 12.8 Å². The summed E-state index contributed by atoms with van der Waals surface area (Å²) in [5.74, 6) is 0.936. The van der Waals surface area contributed by atoms with Gasteiger partial charge in [-0.05, 0) is 18.9 Å². The molecule has 1 N–H and O–H groups in total. The van der Waals surface area contributed by atoms with Crippen LogP contribution in [0.1, 0.15) is 12.8 Å². The Morgan fingerprint density at radius 1 is 1.29 bits per heavy atom. The number of aromatic nitrogens is 2. The SMILES string of the molecule is c1cc(NC2CC(N3CCOCC3)C2)ncn1. The fraction of sp³-hybridized carbons (Fsp3) is 0.667. The van der Waals surface area contributed by atoms with Gasteiger partial charge in [-0.2, -0.15) is 0 Å². The summed E-state index contributed by atoms with van der Waals surface area (Å²) in [5.41, 5.74) is 0. The van der Waals surface area contributed by atoms with Gasteiger partial charge < -0.3 is 10.1 Å². The van der Waals surface area contributed by atoms with E-state index in [2.05, 4.69) is 20.2 Å². The van der Waals surface area contributed by atoms with Gasteiger partial charge in [0.05, 0.1) is 13.2 Å². The van der Waals surface area contributed by atoms with E-state index in [1.54, 1.807) is 12.5 Å². The minimum Gasteiger partial charge on any atom is -0.379 e. The van der Waals surface area contributed by atoms with Gasteiger partial charge >= 0.3 is 0 Å². The van der Waals surface area contributed by atoms with Gasteiger partial charge in [0.25, 0.3) is 0 Å². The first-order chi connectivity index (χ1) is 8.42. The minimum absolute atomic E-state index is 0.567. The maximum absolute atomic E-state index is 5.37. The van der Waals surface area contributed by atoms with Crippen LogP contribution in [0.25, 0.3) is 0 Å². The van der Waals surface area contributed by atoms with Gasteiger partial charge in [-0.3, -0.25) is 4.90 Å². The number of hydrogen-bond acceptors (Lipinski definition) is 5. The van der Waals surface area contributed by atoms with Crippen molar-refractivity contribution in [3.8, 4) is 0 Å². The molecule has 92 valence electrons. The Balaban J connectivity index is 1.45. The monoisotopic (exact) mass is 234 g/mol. The summed E-state index contributed by atoms with van der Waals surface area (Å²) in [6.07, 6.45) is 5.78. The summed E-state index contributed by atoms with van der Waals surface area (Å²) >= 11 is 0. The van der Waals surface area contributed by atoms with Crippen molar-refractivity contribution in [1.29, 1.82) is 0 Å². The van der Waals surface area contributed by atoms with Gasteiger partial charge in [-0.15, -0.1) is 0 Å². The zero-order valence-corrected chi connectivity index (χ0v) is 9.88. The highest BCUT2D eigenvalue weighted by molar-refractivity contribution is 5.34. The lowest BCUT2D eigenvalue weighted by molar-refractivity contribution is -0.00439. The largest absolute Gasteiger partial charge is 0.379 e. The third kappa shape index (κ3) is 2.56. The summed E-state index contributed by atoms with van der Waals surface area (Å²) in [7, 11) is 0. The van der Waals surface area contributed by atoms with Crippen molar-refractivity contribution in [1.82, 2.24) is 14.9 Å². The highest BCUT2D eigenvalue weighted by Crippen LogP contribution is 2.28. The highest BCUT2D eigenvalue weighted by atomic mass is 16.5. The standard InChI is InChI=1S/C12H18N4O/c1-2-13-9-14-12(1)15-10-7-11(8-10)16-3-5-17-6-4-16/h1-2,9-11H,3-8H2,(H,13,14,15). The Labute approximate surface area is 101 Å². The molecule has 1 aromatic heterocycles. The molecule has 0 amide bonds. The lowest BCUT2D eigenvalue weighted by Gasteiger charge is -2.44. The second-order valence-corrected chi connectivity index (χ2v) is 4.71. The molecule has 17 heavy (non-hydrogen) atoms. The second-order valence-electron chi connectivity index (χ2n) is 4.71. The van der Waals surface area contributed by atoms with Crippen LogP contribution < -0.4 is 5.32 Å². The van der Waals surface area contributed by atoms with Crippen molar-refractivity contribution in [2.45, 2.75) is 24.9 Å². The van der Waals surface area contributed by atoms with E-state index in [9.17, 15) is 0 Å². The molecule has 3 rings (SSSR count). The molecule has 0 atom stereocenters. The van der Waals surface area contributed by atoms with Crippen LogP contribution in [0.15, 0.2) is 18.6 Å². The molecule has 0 bridgehead atoms. The summed E-state index contributed by atoms with van der Waals surface area (Å²) in [6, 6.07) is 3.22. The Bertz CT molecular complexity index is 347. The molecule has 1 saturated heterocycles. The van der Waals surface area contributed by atoms with E-state index in [0.717, 1.165) is 38.2 Å². The molecular formula is C12H18N4O. The maximum atomic E-state index is 5.37. The highest BCUT2D eigenvalue weighted by Gasteiger charge is 2.34. The van der Waals surface area contributed by atoms with Gasteiger partial charge in [0, 0.05) is 31.4 Å². The zero-order chi connectivity index (χ0) is 11.5. The Morgan fingerprint density at radius 2 is 2.12 bits per heavy atom. The van der Waals surface area contributed by atoms with Crippen LogP contribution in [0.4, 0.5) is 5.82 Å². The van der Waals surface area contributed by atoms with E-state index < -0.39 is 0 Å². The van der Waals surface area contributed by atoms with E-state index in [1.807, 2.05) is 6.07 Å². The summed E-state index contributed by atoms with van der Waals surface area (Å²) < 4.78 is 5.37. The number of hydrogen-bond donors (Lipinski definition) is 1. The smallest absolute Gasteiger partial charge is 0.129 e. The van der Waals surface area contributed by atoms with Gasteiger partial charge in [0.2, 0.25) is 0 Å². The Hall–Kier alpha value is -1.20. The van der Waals surface area contributed by atoms with Crippen LogP contribution in [0.2, 0.25) is 0 Å². The lowest BCUT2D eigenvalue weighted by atomic mass is 9.85. The molecule has 2 aliphatic rings. The third-order valence-corrected chi connectivity index (χ3v) is 3.61. The second kappa shape index (κ2) is 4.98. The van der Waals surface area contributed by atoms with Crippen LogP contribution in [-0.2, 0) is 4.74 Å². The van der Waals surface area contributed by atoms with Crippen LogP contribution in [0.5, 0.6) is 0 Å². The molecule has 1 aromatic rings. The zero-order valence-electron chi connectivity index (χ0n) is 9.88. The number of ether oxygens (including phenoxy) is 1. The average Bonchev–Trinajstić information content (AvgIpc) is 2.36. The molecule has 1 aliphatic heterocycles. The fourth-order valence-corrected chi connectivity index (χ4v) is 2.53. The van der Waals surface area contributed by atoms with Crippen molar-refractivity contribution in [3.63, 3.8) is 0 Å². The molecule has 5 heteroatoms. The van der Waals surface area contributed by atoms with Crippen molar-refractivity contribution in [3.05, 3.63) is 18.6 Å². The first-order valence-corrected chi connectivity index (χ1v) is 6.26. The molecule has 5 nitrogen and oxygen atoms in total. The van der Waals surface area contributed by atoms with Crippen LogP contribution in [-0.4, -0.2) is 53.3 Å². The summed E-state index contributed by atoms with van der Waals surface area (Å²) in [5, 5.41) is 3.44. The molecule has 2 fully saturated rings. The number of morpholine rings is 1. The van der Waals surface area contributed by atoms with E-state index in [-0.39, 0.29) is 0 Å². The van der Waals surface area contributed by atoms with Crippen molar-refractivity contribution in [2.24, 2.45) is 0 Å². The van der Waals surface area contributed by atoms with Crippen LogP contribution in [0, 0.1) is 0 Å². The van der Waals surface area contributed by atoms with Crippen molar-refractivity contribution >= 4 is 5.82 Å². The third-order valence-electron chi connectivity index (χ3n) is 3.61. The van der Waals surface area contributed by atoms with Gasteiger partial charge in [0.15, 0.2) is 0 Å². The quantitative estimate of drug-likeness (QED) is 0.836. The molecule has 1 aliphatic carbocycles. The van der Waals surface area contributed by atoms with Crippen LogP contribution >= 0.6 is 0 Å². The Morgan fingerprint density at radius 3 is 2.82 bits per heavy atom. The van der Waals surface area contributed by atoms with E-state index in [0.29, 0.717) is 6.04 Å². The Kier molecular flexibility index (Phi) is 3.20.